The zero-order valence-corrected chi connectivity index (χ0v) is 13.7. The molecular formula is C18H29NO2. The van der Waals surface area contributed by atoms with Gasteiger partial charge in [0.15, 0.2) is 11.5 Å². The van der Waals surface area contributed by atoms with Crippen LogP contribution >= 0.6 is 0 Å². The topological polar surface area (TPSA) is 21.7 Å². The van der Waals surface area contributed by atoms with Crippen molar-refractivity contribution in [3.63, 3.8) is 0 Å². The van der Waals surface area contributed by atoms with Crippen molar-refractivity contribution in [2.45, 2.75) is 51.6 Å². The van der Waals surface area contributed by atoms with Crippen LogP contribution in [0.3, 0.4) is 0 Å². The molecule has 1 aliphatic rings. The van der Waals surface area contributed by atoms with E-state index in [4.69, 9.17) is 9.47 Å². The molecule has 118 valence electrons. The molecule has 0 saturated heterocycles. The van der Waals surface area contributed by atoms with Crippen LogP contribution in [0.5, 0.6) is 11.5 Å². The molecule has 0 unspecified atom stereocenters. The minimum absolute atomic E-state index is 0.379. The van der Waals surface area contributed by atoms with Crippen LogP contribution in [-0.2, 0) is 6.42 Å². The summed E-state index contributed by atoms with van der Waals surface area (Å²) in [6.07, 6.45) is 7.56. The molecule has 0 aliphatic heterocycles. The van der Waals surface area contributed by atoms with E-state index >= 15 is 0 Å². The third kappa shape index (κ3) is 5.24. The number of ether oxygens (including phenoxy) is 2. The van der Waals surface area contributed by atoms with Crippen LogP contribution in [0.25, 0.3) is 0 Å². The maximum atomic E-state index is 6.12. The highest BCUT2D eigenvalue weighted by atomic mass is 16.5. The smallest absolute Gasteiger partial charge is 0.161 e. The Bertz CT molecular complexity index is 425. The van der Waals surface area contributed by atoms with Crippen LogP contribution in [0.1, 0.15) is 44.6 Å². The Morgan fingerprint density at radius 2 is 1.90 bits per heavy atom. The van der Waals surface area contributed by atoms with Gasteiger partial charge in [0, 0.05) is 0 Å². The highest BCUT2D eigenvalue weighted by Gasteiger charge is 2.18. The van der Waals surface area contributed by atoms with Crippen molar-refractivity contribution in [2.75, 3.05) is 27.2 Å². The van der Waals surface area contributed by atoms with E-state index < -0.39 is 0 Å². The van der Waals surface area contributed by atoms with Crippen LogP contribution < -0.4 is 9.47 Å². The highest BCUT2D eigenvalue weighted by molar-refractivity contribution is 5.43. The van der Waals surface area contributed by atoms with E-state index in [1.165, 1.54) is 37.7 Å². The molecule has 0 radical (unpaired) electrons. The summed E-state index contributed by atoms with van der Waals surface area (Å²) in [4.78, 5) is 2.22. The molecular weight excluding hydrogens is 262 g/mol. The Morgan fingerprint density at radius 1 is 1.14 bits per heavy atom. The van der Waals surface area contributed by atoms with E-state index in [9.17, 15) is 0 Å². The average Bonchev–Trinajstić information content (AvgIpc) is 2.94. The van der Waals surface area contributed by atoms with Gasteiger partial charge in [-0.3, -0.25) is 0 Å². The van der Waals surface area contributed by atoms with Gasteiger partial charge in [-0.15, -0.1) is 0 Å². The summed E-state index contributed by atoms with van der Waals surface area (Å²) in [5, 5.41) is 0. The summed E-state index contributed by atoms with van der Waals surface area (Å²) in [5.41, 5.74) is 1.33. The minimum Gasteiger partial charge on any atom is -0.490 e. The molecule has 1 aliphatic carbocycles. The molecule has 0 aromatic heterocycles. The summed E-state index contributed by atoms with van der Waals surface area (Å²) in [5.74, 6) is 1.83. The predicted molar refractivity (Wildman–Crippen MR) is 87.4 cm³/mol. The molecule has 1 aromatic rings. The number of rotatable bonds is 8. The first-order valence-electron chi connectivity index (χ1n) is 8.26. The van der Waals surface area contributed by atoms with Gasteiger partial charge in [-0.2, -0.15) is 0 Å². The standard InChI is InChI=1S/C18H29NO2/c1-4-20-18-14-15(8-7-13-19(2)3)11-12-17(18)21-16-9-5-6-10-16/h11-12,14,16H,4-10,13H2,1-3H3. The zero-order chi connectivity index (χ0) is 15.1. The Morgan fingerprint density at radius 3 is 2.57 bits per heavy atom. The van der Waals surface area contributed by atoms with Gasteiger partial charge in [0.05, 0.1) is 12.7 Å². The molecule has 3 nitrogen and oxygen atoms in total. The number of nitrogens with zero attached hydrogens (tertiary/aromatic N) is 1. The Labute approximate surface area is 129 Å². The van der Waals surface area contributed by atoms with Crippen LogP contribution in [0, 0.1) is 0 Å². The number of benzene rings is 1. The maximum Gasteiger partial charge on any atom is 0.161 e. The molecule has 0 atom stereocenters. The van der Waals surface area contributed by atoms with Crippen molar-refractivity contribution in [2.24, 2.45) is 0 Å². The van der Waals surface area contributed by atoms with Crippen molar-refractivity contribution in [3.8, 4) is 11.5 Å². The molecule has 1 saturated carbocycles. The third-order valence-electron chi connectivity index (χ3n) is 3.97. The van der Waals surface area contributed by atoms with E-state index in [1.54, 1.807) is 0 Å². The SMILES string of the molecule is CCOc1cc(CCCN(C)C)ccc1OC1CCCC1. The lowest BCUT2D eigenvalue weighted by molar-refractivity contribution is 0.196. The molecule has 21 heavy (non-hydrogen) atoms. The summed E-state index contributed by atoms with van der Waals surface area (Å²) >= 11 is 0. The second-order valence-electron chi connectivity index (χ2n) is 6.15. The van der Waals surface area contributed by atoms with Crippen molar-refractivity contribution in [1.82, 2.24) is 4.90 Å². The predicted octanol–water partition coefficient (Wildman–Crippen LogP) is 3.90. The fourth-order valence-electron chi connectivity index (χ4n) is 2.86. The lowest BCUT2D eigenvalue weighted by atomic mass is 10.1. The largest absolute Gasteiger partial charge is 0.490 e. The van der Waals surface area contributed by atoms with E-state index in [-0.39, 0.29) is 0 Å². The van der Waals surface area contributed by atoms with Crippen LogP contribution in [-0.4, -0.2) is 38.3 Å². The molecule has 0 amide bonds. The van der Waals surface area contributed by atoms with E-state index in [0.29, 0.717) is 12.7 Å². The summed E-state index contributed by atoms with van der Waals surface area (Å²) in [6, 6.07) is 6.43. The first-order valence-corrected chi connectivity index (χ1v) is 8.26. The summed E-state index contributed by atoms with van der Waals surface area (Å²) in [6.45, 7) is 3.82. The van der Waals surface area contributed by atoms with Crippen molar-refractivity contribution in [3.05, 3.63) is 23.8 Å². The average molecular weight is 291 g/mol. The quantitative estimate of drug-likeness (QED) is 0.725. The highest BCUT2D eigenvalue weighted by Crippen LogP contribution is 2.32. The van der Waals surface area contributed by atoms with E-state index in [1.807, 2.05) is 6.92 Å². The molecule has 0 spiro atoms. The fourth-order valence-corrected chi connectivity index (χ4v) is 2.86. The maximum absolute atomic E-state index is 6.12. The van der Waals surface area contributed by atoms with Gasteiger partial charge in [0.2, 0.25) is 0 Å². The zero-order valence-electron chi connectivity index (χ0n) is 13.7. The molecule has 2 rings (SSSR count). The number of hydrogen-bond donors (Lipinski definition) is 0. The Kier molecular flexibility index (Phi) is 6.37. The first kappa shape index (κ1) is 16.2. The van der Waals surface area contributed by atoms with Gasteiger partial charge < -0.3 is 14.4 Å². The number of hydrogen-bond acceptors (Lipinski definition) is 3. The number of aryl methyl sites for hydroxylation is 1. The first-order chi connectivity index (χ1) is 10.2. The molecule has 1 aromatic carbocycles. The lowest BCUT2D eigenvalue weighted by Gasteiger charge is -2.17. The Balaban J connectivity index is 1.99. The van der Waals surface area contributed by atoms with Crippen molar-refractivity contribution in [1.29, 1.82) is 0 Å². The normalized spacial score (nSPS) is 15.6. The van der Waals surface area contributed by atoms with Crippen LogP contribution in [0.15, 0.2) is 18.2 Å². The van der Waals surface area contributed by atoms with Gasteiger partial charge >= 0.3 is 0 Å². The van der Waals surface area contributed by atoms with Crippen LogP contribution in [0.4, 0.5) is 0 Å². The molecule has 0 N–H and O–H groups in total. The Hall–Kier alpha value is -1.22. The van der Waals surface area contributed by atoms with Gasteiger partial charge in [0.1, 0.15) is 0 Å². The fraction of sp³-hybridized carbons (Fsp3) is 0.667. The van der Waals surface area contributed by atoms with Gasteiger partial charge in [0.25, 0.3) is 0 Å². The van der Waals surface area contributed by atoms with E-state index in [2.05, 4.69) is 37.2 Å². The van der Waals surface area contributed by atoms with Crippen LogP contribution in [0.2, 0.25) is 0 Å². The molecule has 0 bridgehead atoms. The summed E-state index contributed by atoms with van der Waals surface area (Å²) < 4.78 is 11.9. The van der Waals surface area contributed by atoms with Gasteiger partial charge in [-0.25, -0.2) is 0 Å². The van der Waals surface area contributed by atoms with E-state index in [0.717, 1.165) is 24.5 Å². The second kappa shape index (κ2) is 8.28. The van der Waals surface area contributed by atoms with Crippen molar-refractivity contribution >= 4 is 0 Å². The summed E-state index contributed by atoms with van der Waals surface area (Å²) in [7, 11) is 4.23. The monoisotopic (exact) mass is 291 g/mol. The van der Waals surface area contributed by atoms with Gasteiger partial charge in [-0.1, -0.05) is 6.07 Å². The molecule has 0 heterocycles. The lowest BCUT2D eigenvalue weighted by Crippen LogP contribution is -2.14. The van der Waals surface area contributed by atoms with Gasteiger partial charge in [-0.05, 0) is 83.8 Å². The van der Waals surface area contributed by atoms with Crippen molar-refractivity contribution < 1.29 is 9.47 Å². The second-order valence-corrected chi connectivity index (χ2v) is 6.15. The molecule has 3 heteroatoms. The minimum atomic E-state index is 0.379. The molecule has 1 fully saturated rings. The third-order valence-corrected chi connectivity index (χ3v) is 3.97.